The van der Waals surface area contributed by atoms with E-state index in [1.165, 1.54) is 11.3 Å². The second-order valence-corrected chi connectivity index (χ2v) is 6.80. The SMILES string of the molecule is Cc1nc(-c2ccccc2)sc1C(=O)Nc1n[nH]c([C@@H]2CCCO2)n1. The van der Waals surface area contributed by atoms with E-state index in [2.05, 4.69) is 25.5 Å². The van der Waals surface area contributed by atoms with Gasteiger partial charge in [-0.25, -0.2) is 4.98 Å². The highest BCUT2D eigenvalue weighted by molar-refractivity contribution is 7.17. The minimum Gasteiger partial charge on any atom is -0.370 e. The number of carbonyl (C=O) groups excluding carboxylic acids is 1. The number of aryl methyl sites for hydroxylation is 1. The molecule has 2 N–H and O–H groups in total. The fraction of sp³-hybridized carbons (Fsp3) is 0.294. The van der Waals surface area contributed by atoms with Crippen LogP contribution < -0.4 is 5.32 Å². The van der Waals surface area contributed by atoms with Gasteiger partial charge in [0.05, 0.1) is 5.69 Å². The maximum absolute atomic E-state index is 12.5. The summed E-state index contributed by atoms with van der Waals surface area (Å²) in [4.78, 5) is 21.9. The van der Waals surface area contributed by atoms with Crippen LogP contribution in [0.1, 0.15) is 40.1 Å². The van der Waals surface area contributed by atoms with E-state index in [1.807, 2.05) is 37.3 Å². The van der Waals surface area contributed by atoms with Crippen LogP contribution in [0.4, 0.5) is 5.95 Å². The third-order valence-corrected chi connectivity index (χ3v) is 5.19. The summed E-state index contributed by atoms with van der Waals surface area (Å²) >= 11 is 1.36. The number of anilines is 1. The molecule has 8 heteroatoms. The van der Waals surface area contributed by atoms with E-state index >= 15 is 0 Å². The predicted octanol–water partition coefficient (Wildman–Crippen LogP) is 3.34. The van der Waals surface area contributed by atoms with Crippen LogP contribution in [0.15, 0.2) is 30.3 Å². The lowest BCUT2D eigenvalue weighted by Gasteiger charge is -2.03. The average Bonchev–Trinajstić information content (AvgIpc) is 3.35. The Morgan fingerprint density at radius 2 is 2.16 bits per heavy atom. The number of hydrogen-bond donors (Lipinski definition) is 2. The molecule has 0 saturated carbocycles. The fourth-order valence-electron chi connectivity index (χ4n) is 2.74. The smallest absolute Gasteiger partial charge is 0.270 e. The molecule has 0 unspecified atom stereocenters. The minimum atomic E-state index is -0.255. The molecule has 1 aliphatic heterocycles. The average molecular weight is 355 g/mol. The molecule has 0 bridgehead atoms. The van der Waals surface area contributed by atoms with Crippen LogP contribution in [0.3, 0.4) is 0 Å². The molecule has 0 radical (unpaired) electrons. The second-order valence-electron chi connectivity index (χ2n) is 5.80. The number of aromatic nitrogens is 4. The van der Waals surface area contributed by atoms with Gasteiger partial charge in [-0.05, 0) is 19.8 Å². The Morgan fingerprint density at radius 1 is 1.32 bits per heavy atom. The van der Waals surface area contributed by atoms with Crippen molar-refractivity contribution in [2.45, 2.75) is 25.9 Å². The summed E-state index contributed by atoms with van der Waals surface area (Å²) in [6, 6.07) is 9.80. The van der Waals surface area contributed by atoms with Gasteiger partial charge in [-0.2, -0.15) is 4.98 Å². The summed E-state index contributed by atoms with van der Waals surface area (Å²) < 4.78 is 5.56. The van der Waals surface area contributed by atoms with Crippen molar-refractivity contribution in [2.75, 3.05) is 11.9 Å². The zero-order chi connectivity index (χ0) is 17.2. The molecule has 128 valence electrons. The number of rotatable bonds is 4. The molecule has 0 aliphatic carbocycles. The van der Waals surface area contributed by atoms with Gasteiger partial charge in [0.2, 0.25) is 5.95 Å². The minimum absolute atomic E-state index is 0.0621. The fourth-order valence-corrected chi connectivity index (χ4v) is 3.70. The molecule has 1 fully saturated rings. The summed E-state index contributed by atoms with van der Waals surface area (Å²) in [5, 5.41) is 10.4. The van der Waals surface area contributed by atoms with E-state index in [4.69, 9.17) is 4.74 Å². The Bertz CT molecular complexity index is 884. The van der Waals surface area contributed by atoms with Crippen LogP contribution in [-0.4, -0.2) is 32.7 Å². The Labute approximate surface area is 148 Å². The topological polar surface area (TPSA) is 92.8 Å². The van der Waals surface area contributed by atoms with Crippen molar-refractivity contribution < 1.29 is 9.53 Å². The lowest BCUT2D eigenvalue weighted by molar-refractivity contribution is 0.102. The number of ether oxygens (including phenoxy) is 1. The van der Waals surface area contributed by atoms with Gasteiger partial charge in [-0.1, -0.05) is 30.3 Å². The molecule has 2 aromatic heterocycles. The molecule has 3 aromatic rings. The maximum atomic E-state index is 12.5. The van der Waals surface area contributed by atoms with Gasteiger partial charge >= 0.3 is 0 Å². The van der Waals surface area contributed by atoms with Crippen molar-refractivity contribution in [3.8, 4) is 10.6 Å². The number of hydrogen-bond acceptors (Lipinski definition) is 6. The summed E-state index contributed by atoms with van der Waals surface area (Å²) in [5.74, 6) is 0.651. The van der Waals surface area contributed by atoms with Crippen molar-refractivity contribution in [1.29, 1.82) is 0 Å². The highest BCUT2D eigenvalue weighted by Gasteiger charge is 2.23. The summed E-state index contributed by atoms with van der Waals surface area (Å²) in [6.07, 6.45) is 1.86. The zero-order valence-electron chi connectivity index (χ0n) is 13.7. The van der Waals surface area contributed by atoms with Crippen LogP contribution in [-0.2, 0) is 4.74 Å². The van der Waals surface area contributed by atoms with Gasteiger partial charge in [-0.15, -0.1) is 16.4 Å². The van der Waals surface area contributed by atoms with Crippen LogP contribution >= 0.6 is 11.3 Å². The molecular formula is C17H17N5O2S. The molecule has 1 atom stereocenters. The van der Waals surface area contributed by atoms with E-state index < -0.39 is 0 Å². The highest BCUT2D eigenvalue weighted by Crippen LogP contribution is 2.29. The molecule has 1 aliphatic rings. The van der Waals surface area contributed by atoms with Crippen LogP contribution in [0, 0.1) is 6.92 Å². The maximum Gasteiger partial charge on any atom is 0.270 e. The number of nitrogens with one attached hydrogen (secondary N) is 2. The van der Waals surface area contributed by atoms with Crippen molar-refractivity contribution in [3.05, 3.63) is 46.7 Å². The molecule has 0 spiro atoms. The van der Waals surface area contributed by atoms with Gasteiger partial charge < -0.3 is 4.74 Å². The lowest BCUT2D eigenvalue weighted by atomic mass is 10.2. The molecule has 1 saturated heterocycles. The second kappa shape index (κ2) is 6.73. The Balaban J connectivity index is 1.51. The number of H-pyrrole nitrogens is 1. The highest BCUT2D eigenvalue weighted by atomic mass is 32.1. The first kappa shape index (κ1) is 15.9. The standard InChI is InChI=1S/C17H17N5O2S/c1-10-13(25-16(18-10)11-6-3-2-4-7-11)15(23)20-17-19-14(21-22-17)12-8-5-9-24-12/h2-4,6-7,12H,5,8-9H2,1H3,(H2,19,20,21,22,23)/t12-/m0/s1. The van der Waals surface area contributed by atoms with Gasteiger partial charge in [0.25, 0.3) is 5.91 Å². The van der Waals surface area contributed by atoms with E-state index in [0.717, 1.165) is 30.0 Å². The number of amides is 1. The van der Waals surface area contributed by atoms with Gasteiger partial charge in [-0.3, -0.25) is 15.2 Å². The van der Waals surface area contributed by atoms with E-state index in [9.17, 15) is 4.79 Å². The quantitative estimate of drug-likeness (QED) is 0.749. The Hall–Kier alpha value is -2.58. The summed E-state index contributed by atoms with van der Waals surface area (Å²) in [7, 11) is 0. The molecule has 7 nitrogen and oxygen atoms in total. The molecule has 1 amide bonds. The first-order valence-electron chi connectivity index (χ1n) is 8.09. The zero-order valence-corrected chi connectivity index (χ0v) is 14.5. The van der Waals surface area contributed by atoms with Gasteiger partial charge in [0.1, 0.15) is 16.0 Å². The number of nitrogens with zero attached hydrogens (tertiary/aromatic N) is 3. The first-order valence-corrected chi connectivity index (χ1v) is 8.90. The van der Waals surface area contributed by atoms with Crippen molar-refractivity contribution in [1.82, 2.24) is 20.2 Å². The van der Waals surface area contributed by atoms with Gasteiger partial charge in [0, 0.05) is 12.2 Å². The van der Waals surface area contributed by atoms with Gasteiger partial charge in [0.15, 0.2) is 5.82 Å². The third kappa shape index (κ3) is 3.31. The monoisotopic (exact) mass is 355 g/mol. The normalized spacial score (nSPS) is 16.9. The van der Waals surface area contributed by atoms with Crippen LogP contribution in [0.5, 0.6) is 0 Å². The molecule has 1 aromatic carbocycles. The van der Waals surface area contributed by atoms with Crippen molar-refractivity contribution >= 4 is 23.2 Å². The number of thiazole rings is 1. The number of benzene rings is 1. The molecule has 25 heavy (non-hydrogen) atoms. The number of aromatic amines is 1. The number of carbonyl (C=O) groups is 1. The molecule has 3 heterocycles. The van der Waals surface area contributed by atoms with Crippen molar-refractivity contribution in [3.63, 3.8) is 0 Å². The van der Waals surface area contributed by atoms with E-state index in [0.29, 0.717) is 16.4 Å². The lowest BCUT2D eigenvalue weighted by Crippen LogP contribution is -2.12. The molecule has 4 rings (SSSR count). The van der Waals surface area contributed by atoms with Crippen molar-refractivity contribution in [2.24, 2.45) is 0 Å². The Morgan fingerprint density at radius 3 is 2.92 bits per heavy atom. The summed E-state index contributed by atoms with van der Waals surface area (Å²) in [6.45, 7) is 2.56. The van der Waals surface area contributed by atoms with E-state index in [-0.39, 0.29) is 18.0 Å². The third-order valence-electron chi connectivity index (χ3n) is 3.99. The Kier molecular flexibility index (Phi) is 4.29. The summed E-state index contributed by atoms with van der Waals surface area (Å²) in [5.41, 5.74) is 1.68. The largest absolute Gasteiger partial charge is 0.370 e. The predicted molar refractivity (Wildman–Crippen MR) is 94.5 cm³/mol. The molecular weight excluding hydrogens is 338 g/mol. The van der Waals surface area contributed by atoms with Crippen LogP contribution in [0.2, 0.25) is 0 Å². The van der Waals surface area contributed by atoms with E-state index in [1.54, 1.807) is 0 Å². The first-order chi connectivity index (χ1) is 12.2. The van der Waals surface area contributed by atoms with Crippen LogP contribution in [0.25, 0.3) is 10.6 Å².